The number of pyridine rings is 1. The fourth-order valence-electron chi connectivity index (χ4n) is 2.54. The van der Waals surface area contributed by atoms with Crippen LogP contribution in [-0.2, 0) is 16.1 Å². The van der Waals surface area contributed by atoms with Crippen molar-refractivity contribution in [3.8, 4) is 0 Å². The molecule has 0 atom stereocenters. The van der Waals surface area contributed by atoms with E-state index in [0.717, 1.165) is 24.1 Å². The van der Waals surface area contributed by atoms with Gasteiger partial charge >= 0.3 is 0 Å². The highest BCUT2D eigenvalue weighted by Crippen LogP contribution is 2.26. The molecule has 1 aromatic heterocycles. The third-order valence-electron chi connectivity index (χ3n) is 3.91. The normalized spacial score (nSPS) is 13.8. The number of aromatic nitrogens is 1. The summed E-state index contributed by atoms with van der Waals surface area (Å²) in [5, 5.41) is 5.61. The largest absolute Gasteiger partial charge is 0.352 e. The maximum Gasteiger partial charge on any atom is 0.246 e. The minimum absolute atomic E-state index is 0.0468. The van der Waals surface area contributed by atoms with Crippen LogP contribution in [0.5, 0.6) is 0 Å². The second-order valence-corrected chi connectivity index (χ2v) is 5.54. The van der Waals surface area contributed by atoms with Crippen molar-refractivity contribution in [3.63, 3.8) is 0 Å². The van der Waals surface area contributed by atoms with Crippen molar-refractivity contribution in [1.82, 2.24) is 15.6 Å². The number of hydrogen-bond donors (Lipinski definition) is 2. The van der Waals surface area contributed by atoms with Gasteiger partial charge in [0.15, 0.2) is 0 Å². The Hall–Kier alpha value is -2.17. The van der Waals surface area contributed by atoms with E-state index in [0.29, 0.717) is 13.1 Å². The summed E-state index contributed by atoms with van der Waals surface area (Å²) in [6, 6.07) is 5.58. The van der Waals surface area contributed by atoms with Gasteiger partial charge in [0.2, 0.25) is 11.8 Å². The van der Waals surface area contributed by atoms with Crippen molar-refractivity contribution in [2.75, 3.05) is 6.54 Å². The molecule has 118 valence electrons. The molecule has 2 amide bonds. The first-order valence-electron chi connectivity index (χ1n) is 7.80. The van der Waals surface area contributed by atoms with Gasteiger partial charge in [-0.05, 0) is 44.7 Å². The number of carbonyl (C=O) groups is 2. The summed E-state index contributed by atoms with van der Waals surface area (Å²) in [4.78, 5) is 27.8. The lowest BCUT2D eigenvalue weighted by molar-refractivity contribution is -0.121. The Morgan fingerprint density at radius 1 is 1.18 bits per heavy atom. The van der Waals surface area contributed by atoms with Crippen LogP contribution in [-0.4, -0.2) is 23.3 Å². The highest BCUT2D eigenvalue weighted by molar-refractivity contribution is 5.93. The molecule has 5 heteroatoms. The third kappa shape index (κ3) is 4.98. The highest BCUT2D eigenvalue weighted by Gasteiger charge is 2.14. The van der Waals surface area contributed by atoms with E-state index >= 15 is 0 Å². The Morgan fingerprint density at radius 3 is 2.64 bits per heavy atom. The number of nitrogens with zero attached hydrogens (tertiary/aromatic N) is 1. The average Bonchev–Trinajstić information content (AvgIpc) is 3.07. The number of hydrogen-bond acceptors (Lipinski definition) is 3. The zero-order valence-electron chi connectivity index (χ0n) is 13.0. The molecule has 0 radical (unpaired) electrons. The van der Waals surface area contributed by atoms with Gasteiger partial charge in [0.05, 0.1) is 12.2 Å². The molecule has 0 unspecified atom stereocenters. The van der Waals surface area contributed by atoms with E-state index in [4.69, 9.17) is 0 Å². The van der Waals surface area contributed by atoms with Gasteiger partial charge in [-0.25, -0.2) is 0 Å². The summed E-state index contributed by atoms with van der Waals surface area (Å²) in [7, 11) is 0. The molecule has 0 aromatic carbocycles. The van der Waals surface area contributed by atoms with Gasteiger partial charge in [0, 0.05) is 24.7 Å². The van der Waals surface area contributed by atoms with Gasteiger partial charge in [-0.15, -0.1) is 0 Å². The standard InChI is InChI=1S/C17H23N3O2/c1-13(14-6-2-3-7-14)17(22)19-11-9-16(21)20-12-15-8-4-5-10-18-15/h4-5,8,10H,2-3,6-7,9,11-12H2,1H3,(H,19,22)(H,20,21). The van der Waals surface area contributed by atoms with E-state index in [1.54, 1.807) is 6.20 Å². The fourth-order valence-corrected chi connectivity index (χ4v) is 2.54. The van der Waals surface area contributed by atoms with E-state index in [2.05, 4.69) is 15.6 Å². The lowest BCUT2D eigenvalue weighted by Gasteiger charge is -2.08. The molecule has 2 N–H and O–H groups in total. The zero-order valence-corrected chi connectivity index (χ0v) is 13.0. The minimum Gasteiger partial charge on any atom is -0.352 e. The smallest absolute Gasteiger partial charge is 0.246 e. The lowest BCUT2D eigenvalue weighted by Crippen LogP contribution is -2.31. The van der Waals surface area contributed by atoms with Crippen LogP contribution >= 0.6 is 0 Å². The SMILES string of the molecule is CC(C(=O)NCCC(=O)NCc1ccccn1)=C1CCCC1. The quantitative estimate of drug-likeness (QED) is 0.790. The van der Waals surface area contributed by atoms with E-state index < -0.39 is 0 Å². The van der Waals surface area contributed by atoms with Gasteiger partial charge < -0.3 is 10.6 Å². The van der Waals surface area contributed by atoms with E-state index in [1.165, 1.54) is 18.4 Å². The zero-order chi connectivity index (χ0) is 15.8. The van der Waals surface area contributed by atoms with Crippen LogP contribution < -0.4 is 10.6 Å². The molecule has 1 aliphatic carbocycles. The maximum atomic E-state index is 12.0. The first kappa shape index (κ1) is 16.2. The Balaban J connectivity index is 1.66. The number of amides is 2. The molecular weight excluding hydrogens is 278 g/mol. The lowest BCUT2D eigenvalue weighted by atomic mass is 10.1. The summed E-state index contributed by atoms with van der Waals surface area (Å²) in [5.74, 6) is -0.133. The monoisotopic (exact) mass is 301 g/mol. The van der Waals surface area contributed by atoms with Crippen LogP contribution in [0.25, 0.3) is 0 Å². The summed E-state index contributed by atoms with van der Waals surface area (Å²) < 4.78 is 0. The fraction of sp³-hybridized carbons (Fsp3) is 0.471. The summed E-state index contributed by atoms with van der Waals surface area (Å²) in [6.45, 7) is 2.64. The van der Waals surface area contributed by atoms with E-state index in [9.17, 15) is 9.59 Å². The van der Waals surface area contributed by atoms with Crippen LogP contribution in [0.4, 0.5) is 0 Å². The van der Waals surface area contributed by atoms with Crippen molar-refractivity contribution < 1.29 is 9.59 Å². The molecular formula is C17H23N3O2. The first-order valence-corrected chi connectivity index (χ1v) is 7.80. The van der Waals surface area contributed by atoms with Gasteiger partial charge in [-0.1, -0.05) is 11.6 Å². The number of carbonyl (C=O) groups excluding carboxylic acids is 2. The number of nitrogens with one attached hydrogen (secondary N) is 2. The van der Waals surface area contributed by atoms with E-state index in [-0.39, 0.29) is 18.2 Å². The Bertz CT molecular complexity index is 544. The summed E-state index contributed by atoms with van der Waals surface area (Å²) in [5.41, 5.74) is 2.91. The molecule has 0 aliphatic heterocycles. The van der Waals surface area contributed by atoms with Crippen molar-refractivity contribution in [1.29, 1.82) is 0 Å². The molecule has 5 nitrogen and oxygen atoms in total. The number of allylic oxidation sites excluding steroid dienone is 1. The van der Waals surface area contributed by atoms with Crippen LogP contribution in [0.2, 0.25) is 0 Å². The molecule has 2 rings (SSSR count). The third-order valence-corrected chi connectivity index (χ3v) is 3.91. The molecule has 1 aromatic rings. The Morgan fingerprint density at radius 2 is 1.95 bits per heavy atom. The second kappa shape index (κ2) is 8.32. The molecule has 1 fully saturated rings. The number of rotatable bonds is 6. The predicted molar refractivity (Wildman–Crippen MR) is 84.9 cm³/mol. The van der Waals surface area contributed by atoms with Crippen LogP contribution in [0.3, 0.4) is 0 Å². The minimum atomic E-state index is -0.0860. The Labute approximate surface area is 131 Å². The molecule has 1 heterocycles. The van der Waals surface area contributed by atoms with Gasteiger partial charge in [-0.3, -0.25) is 14.6 Å². The van der Waals surface area contributed by atoms with Crippen LogP contribution in [0.15, 0.2) is 35.5 Å². The van der Waals surface area contributed by atoms with Crippen LogP contribution in [0, 0.1) is 0 Å². The first-order chi connectivity index (χ1) is 10.7. The molecule has 1 aliphatic rings. The van der Waals surface area contributed by atoms with Crippen molar-refractivity contribution in [2.24, 2.45) is 0 Å². The molecule has 0 saturated heterocycles. The summed E-state index contributed by atoms with van der Waals surface area (Å²) >= 11 is 0. The van der Waals surface area contributed by atoms with Gasteiger partial charge in [-0.2, -0.15) is 0 Å². The van der Waals surface area contributed by atoms with Crippen molar-refractivity contribution in [2.45, 2.75) is 45.6 Å². The average molecular weight is 301 g/mol. The van der Waals surface area contributed by atoms with E-state index in [1.807, 2.05) is 25.1 Å². The Kier molecular flexibility index (Phi) is 6.13. The maximum absolute atomic E-state index is 12.0. The topological polar surface area (TPSA) is 71.1 Å². The van der Waals surface area contributed by atoms with Gasteiger partial charge in [0.1, 0.15) is 0 Å². The molecule has 0 spiro atoms. The summed E-state index contributed by atoms with van der Waals surface area (Å²) in [6.07, 6.45) is 6.39. The molecule has 0 bridgehead atoms. The predicted octanol–water partition coefficient (Wildman–Crippen LogP) is 2.09. The van der Waals surface area contributed by atoms with Gasteiger partial charge in [0.25, 0.3) is 0 Å². The van der Waals surface area contributed by atoms with Crippen LogP contribution in [0.1, 0.15) is 44.7 Å². The van der Waals surface area contributed by atoms with Crippen molar-refractivity contribution >= 4 is 11.8 Å². The molecule has 22 heavy (non-hydrogen) atoms. The highest BCUT2D eigenvalue weighted by atomic mass is 16.2. The second-order valence-electron chi connectivity index (χ2n) is 5.54. The molecule has 1 saturated carbocycles. The van der Waals surface area contributed by atoms with Crippen molar-refractivity contribution in [3.05, 3.63) is 41.2 Å².